The van der Waals surface area contributed by atoms with E-state index in [-0.39, 0.29) is 34.9 Å². The summed E-state index contributed by atoms with van der Waals surface area (Å²) in [6, 6.07) is 3.27. The number of rotatable bonds is 6. The second-order valence-electron chi connectivity index (χ2n) is 9.22. The summed E-state index contributed by atoms with van der Waals surface area (Å²) in [5.41, 5.74) is 0.542. The van der Waals surface area contributed by atoms with Crippen LogP contribution < -0.4 is 14.2 Å². The minimum atomic E-state index is -0.634. The van der Waals surface area contributed by atoms with E-state index in [2.05, 4.69) is 20.8 Å². The van der Waals surface area contributed by atoms with E-state index >= 15 is 0 Å². The monoisotopic (exact) mass is 405 g/mol. The summed E-state index contributed by atoms with van der Waals surface area (Å²) < 4.78 is 21.1. The fraction of sp³-hybridized carbons (Fsp3) is 0.636. The van der Waals surface area contributed by atoms with Crippen LogP contribution in [0.4, 0.5) is 0 Å². The summed E-state index contributed by atoms with van der Waals surface area (Å²) >= 11 is 0. The molecule has 0 aromatic heterocycles. The van der Waals surface area contributed by atoms with Gasteiger partial charge in [0, 0.05) is 24.7 Å². The molecule has 2 fully saturated rings. The van der Waals surface area contributed by atoms with E-state index in [4.69, 9.17) is 18.9 Å². The van der Waals surface area contributed by atoms with Gasteiger partial charge in [-0.1, -0.05) is 20.8 Å². The maximum Gasteiger partial charge on any atom is 0.342 e. The second-order valence-corrected chi connectivity index (χ2v) is 9.22. The normalized spacial score (nSPS) is 24.8. The Labute approximate surface area is 172 Å². The summed E-state index contributed by atoms with van der Waals surface area (Å²) in [5.74, 6) is 0.340. The van der Waals surface area contributed by atoms with Crippen molar-refractivity contribution in [2.45, 2.75) is 46.1 Å². The third-order valence-electron chi connectivity index (χ3n) is 5.99. The molecule has 7 heteroatoms. The van der Waals surface area contributed by atoms with Gasteiger partial charge in [0.25, 0.3) is 5.91 Å². The Hall–Kier alpha value is -2.44. The van der Waals surface area contributed by atoms with Crippen molar-refractivity contribution in [3.05, 3.63) is 17.7 Å². The van der Waals surface area contributed by atoms with Gasteiger partial charge in [-0.15, -0.1) is 0 Å². The highest BCUT2D eigenvalue weighted by molar-refractivity contribution is 5.95. The first-order valence-electron chi connectivity index (χ1n) is 9.88. The molecule has 2 bridgehead atoms. The molecule has 0 radical (unpaired) electrons. The lowest BCUT2D eigenvalue weighted by atomic mass is 9.65. The number of amides is 1. The van der Waals surface area contributed by atoms with Crippen LogP contribution in [0.5, 0.6) is 17.2 Å². The second kappa shape index (κ2) is 7.76. The number of nitrogens with zero attached hydrogens (tertiary/aromatic N) is 1. The molecule has 1 aliphatic carbocycles. The molecule has 0 N–H and O–H groups in total. The van der Waals surface area contributed by atoms with Crippen LogP contribution in [0.25, 0.3) is 0 Å². The molecule has 2 aliphatic rings. The summed E-state index contributed by atoms with van der Waals surface area (Å²) in [6.45, 7) is 7.19. The fourth-order valence-electron chi connectivity index (χ4n) is 5.23. The number of esters is 1. The van der Waals surface area contributed by atoms with Crippen molar-refractivity contribution < 1.29 is 28.5 Å². The molecule has 3 rings (SSSR count). The van der Waals surface area contributed by atoms with E-state index in [9.17, 15) is 9.59 Å². The molecule has 1 amide bonds. The van der Waals surface area contributed by atoms with Gasteiger partial charge in [0.15, 0.2) is 18.1 Å². The number of likely N-dealkylation sites (tertiary alicyclic amines) is 1. The largest absolute Gasteiger partial charge is 0.496 e. The lowest BCUT2D eigenvalue weighted by Gasteiger charge is -2.39. The van der Waals surface area contributed by atoms with Gasteiger partial charge in [0.1, 0.15) is 11.3 Å². The van der Waals surface area contributed by atoms with Crippen molar-refractivity contribution >= 4 is 11.9 Å². The first-order chi connectivity index (χ1) is 13.6. The lowest BCUT2D eigenvalue weighted by Crippen LogP contribution is -2.39. The molecule has 1 aromatic rings. The van der Waals surface area contributed by atoms with Crippen LogP contribution in [0, 0.1) is 10.8 Å². The maximum atomic E-state index is 12.8. The lowest BCUT2D eigenvalue weighted by molar-refractivity contribution is -0.135. The van der Waals surface area contributed by atoms with Gasteiger partial charge < -0.3 is 23.8 Å². The first kappa shape index (κ1) is 21.3. The highest BCUT2D eigenvalue weighted by Gasteiger charge is 2.50. The Balaban J connectivity index is 1.69. The van der Waals surface area contributed by atoms with E-state index in [0.29, 0.717) is 17.2 Å². The van der Waals surface area contributed by atoms with Gasteiger partial charge in [0.05, 0.1) is 21.3 Å². The van der Waals surface area contributed by atoms with Gasteiger partial charge in [0.2, 0.25) is 0 Å². The Morgan fingerprint density at radius 2 is 1.62 bits per heavy atom. The third kappa shape index (κ3) is 4.28. The van der Waals surface area contributed by atoms with Gasteiger partial charge in [-0.3, -0.25) is 4.79 Å². The summed E-state index contributed by atoms with van der Waals surface area (Å²) in [7, 11) is 4.44. The van der Waals surface area contributed by atoms with E-state index in [1.54, 1.807) is 6.07 Å². The van der Waals surface area contributed by atoms with Crippen LogP contribution in [0.1, 0.15) is 50.4 Å². The predicted octanol–water partition coefficient (Wildman–Crippen LogP) is 3.30. The molecule has 1 aliphatic heterocycles. The number of hydrogen-bond acceptors (Lipinski definition) is 6. The molecule has 2 unspecified atom stereocenters. The molecule has 160 valence electrons. The molecule has 1 heterocycles. The molecule has 1 saturated heterocycles. The van der Waals surface area contributed by atoms with Gasteiger partial charge in [-0.2, -0.15) is 0 Å². The van der Waals surface area contributed by atoms with E-state index < -0.39 is 5.97 Å². The predicted molar refractivity (Wildman–Crippen MR) is 108 cm³/mol. The number of methoxy groups -OCH3 is 3. The third-order valence-corrected chi connectivity index (χ3v) is 5.99. The summed E-state index contributed by atoms with van der Waals surface area (Å²) in [4.78, 5) is 27.4. The number of carbonyl (C=O) groups excluding carboxylic acids is 2. The van der Waals surface area contributed by atoms with Gasteiger partial charge in [-0.25, -0.2) is 4.79 Å². The molecule has 1 aromatic carbocycles. The summed E-state index contributed by atoms with van der Waals surface area (Å²) in [5, 5.41) is 0. The summed E-state index contributed by atoms with van der Waals surface area (Å²) in [6.07, 6.45) is 3.09. The number of ether oxygens (including phenoxy) is 4. The number of fused-ring (bicyclic) bond motifs is 2. The molecule has 1 saturated carbocycles. The Bertz CT molecular complexity index is 805. The molecular formula is C22H31NO6. The fourth-order valence-corrected chi connectivity index (χ4v) is 5.23. The van der Waals surface area contributed by atoms with Crippen LogP contribution >= 0.6 is 0 Å². The van der Waals surface area contributed by atoms with Gasteiger partial charge >= 0.3 is 5.97 Å². The Morgan fingerprint density at radius 3 is 2.24 bits per heavy atom. The Kier molecular flexibility index (Phi) is 5.70. The highest BCUT2D eigenvalue weighted by atomic mass is 16.5. The molecule has 2 atom stereocenters. The van der Waals surface area contributed by atoms with Crippen molar-refractivity contribution in [1.29, 1.82) is 0 Å². The minimum absolute atomic E-state index is 0.138. The SMILES string of the molecule is COc1cc(OC)c(C(=O)OCC(=O)N2CC3(C)CC2CC(C)(C)C3)cc1OC. The quantitative estimate of drug-likeness (QED) is 0.676. The molecule has 0 spiro atoms. The standard InChI is InChI=1S/C22H31NO6/c1-21(2)9-14-10-22(3,12-21)13-23(14)19(24)11-29-20(25)15-7-17(27-5)18(28-6)8-16(15)26-4/h7-8,14H,9-13H2,1-6H3. The average molecular weight is 405 g/mol. The minimum Gasteiger partial charge on any atom is -0.496 e. The van der Waals surface area contributed by atoms with Crippen molar-refractivity contribution in [3.63, 3.8) is 0 Å². The van der Waals surface area contributed by atoms with E-state index in [0.717, 1.165) is 25.8 Å². The van der Waals surface area contributed by atoms with Crippen LogP contribution in [0.15, 0.2) is 12.1 Å². The van der Waals surface area contributed by atoms with Crippen LogP contribution in [0.3, 0.4) is 0 Å². The van der Waals surface area contributed by atoms with Gasteiger partial charge in [-0.05, 0) is 30.1 Å². The van der Waals surface area contributed by atoms with Crippen LogP contribution in [-0.2, 0) is 9.53 Å². The van der Waals surface area contributed by atoms with E-state index in [1.807, 2.05) is 4.90 Å². The van der Waals surface area contributed by atoms with Crippen LogP contribution in [-0.4, -0.2) is 57.3 Å². The highest BCUT2D eigenvalue weighted by Crippen LogP contribution is 2.52. The number of benzene rings is 1. The zero-order valence-corrected chi connectivity index (χ0v) is 18.2. The van der Waals surface area contributed by atoms with Crippen molar-refractivity contribution in [2.75, 3.05) is 34.5 Å². The maximum absolute atomic E-state index is 12.8. The molecule has 29 heavy (non-hydrogen) atoms. The number of carbonyl (C=O) groups is 2. The topological polar surface area (TPSA) is 74.3 Å². The zero-order valence-electron chi connectivity index (χ0n) is 18.2. The zero-order chi connectivity index (χ0) is 21.4. The molecular weight excluding hydrogens is 374 g/mol. The average Bonchev–Trinajstić information content (AvgIpc) is 2.93. The van der Waals surface area contributed by atoms with Crippen LogP contribution in [0.2, 0.25) is 0 Å². The van der Waals surface area contributed by atoms with Crippen molar-refractivity contribution in [1.82, 2.24) is 4.90 Å². The molecule has 7 nitrogen and oxygen atoms in total. The van der Waals surface area contributed by atoms with Crippen molar-refractivity contribution in [3.8, 4) is 17.2 Å². The number of hydrogen-bond donors (Lipinski definition) is 0. The van der Waals surface area contributed by atoms with Crippen molar-refractivity contribution in [2.24, 2.45) is 10.8 Å². The Morgan fingerprint density at radius 1 is 1.00 bits per heavy atom. The van der Waals surface area contributed by atoms with E-state index in [1.165, 1.54) is 27.4 Å². The smallest absolute Gasteiger partial charge is 0.342 e. The first-order valence-corrected chi connectivity index (χ1v) is 9.88.